The first kappa shape index (κ1) is 33.5. The fourth-order valence-electron chi connectivity index (χ4n) is 4.62. The molecule has 0 radical (unpaired) electrons. The minimum Gasteiger partial charge on any atom is -0.459 e. The Hall–Kier alpha value is -3.68. The van der Waals surface area contributed by atoms with Gasteiger partial charge in [0.05, 0.1) is 25.2 Å². The third-order valence-corrected chi connectivity index (χ3v) is 7.03. The van der Waals surface area contributed by atoms with Crippen LogP contribution in [0.25, 0.3) is 0 Å². The number of alkyl carbamates (subject to hydrolysis) is 1. The first-order chi connectivity index (χ1) is 19.6. The molecular formula is C27H43N5O9. The van der Waals surface area contributed by atoms with Crippen molar-refractivity contribution in [1.82, 2.24) is 25.5 Å². The predicted octanol–water partition coefficient (Wildman–Crippen LogP) is 0.883. The van der Waals surface area contributed by atoms with Gasteiger partial charge >= 0.3 is 17.8 Å². The number of rotatable bonds is 16. The van der Waals surface area contributed by atoms with Gasteiger partial charge in [0.1, 0.15) is 12.2 Å². The van der Waals surface area contributed by atoms with Gasteiger partial charge in [-0.3, -0.25) is 28.7 Å². The molecule has 1 aliphatic rings. The van der Waals surface area contributed by atoms with E-state index >= 15 is 0 Å². The van der Waals surface area contributed by atoms with Gasteiger partial charge in [0.15, 0.2) is 0 Å². The van der Waals surface area contributed by atoms with Crippen molar-refractivity contribution in [3.63, 3.8) is 0 Å². The molecule has 1 saturated heterocycles. The molecule has 1 fully saturated rings. The Labute approximate surface area is 238 Å². The molecule has 14 heteroatoms. The summed E-state index contributed by atoms with van der Waals surface area (Å²) < 4.78 is 17.5. The maximum absolute atomic E-state index is 12.8. The Bertz CT molecular complexity index is 1150. The number of hydrogen-bond donors (Lipinski definition) is 4. The van der Waals surface area contributed by atoms with E-state index in [0.29, 0.717) is 19.5 Å². The van der Waals surface area contributed by atoms with Gasteiger partial charge in [-0.05, 0) is 19.3 Å². The molecule has 4 N–H and O–H groups in total. The molecule has 4 atom stereocenters. The highest BCUT2D eigenvalue weighted by Crippen LogP contribution is 2.39. The quantitative estimate of drug-likeness (QED) is 0.162. The van der Waals surface area contributed by atoms with Crippen LogP contribution in [0.15, 0.2) is 15.8 Å². The maximum atomic E-state index is 12.8. The van der Waals surface area contributed by atoms with Gasteiger partial charge in [-0.25, -0.2) is 9.59 Å². The van der Waals surface area contributed by atoms with Crippen LogP contribution in [0.2, 0.25) is 0 Å². The number of carbonyl (C=O) groups is 4. The van der Waals surface area contributed by atoms with Crippen LogP contribution in [0.4, 0.5) is 4.79 Å². The minimum atomic E-state index is -0.911. The van der Waals surface area contributed by atoms with Crippen molar-refractivity contribution in [3.8, 4) is 0 Å². The van der Waals surface area contributed by atoms with Crippen molar-refractivity contribution in [2.24, 2.45) is 5.92 Å². The average Bonchev–Trinajstić information content (AvgIpc) is 3.26. The molecule has 2 rings (SSSR count). The highest BCUT2D eigenvalue weighted by Gasteiger charge is 2.45. The smallest absolute Gasteiger partial charge is 0.406 e. The molecule has 1 aromatic rings. The van der Waals surface area contributed by atoms with Crippen molar-refractivity contribution >= 4 is 23.9 Å². The van der Waals surface area contributed by atoms with Crippen molar-refractivity contribution in [1.29, 1.82) is 0 Å². The number of esters is 1. The Morgan fingerprint density at radius 2 is 1.68 bits per heavy atom. The van der Waals surface area contributed by atoms with Crippen molar-refractivity contribution < 1.29 is 33.4 Å². The van der Waals surface area contributed by atoms with E-state index in [2.05, 4.69) is 25.7 Å². The molecule has 0 aromatic carbocycles. The molecule has 230 valence electrons. The summed E-state index contributed by atoms with van der Waals surface area (Å²) in [5.41, 5.74) is -1.19. The average molecular weight is 582 g/mol. The number of nitrogens with zero attached hydrogens (tertiary/aromatic N) is 1. The first-order valence-electron chi connectivity index (χ1n) is 14.1. The summed E-state index contributed by atoms with van der Waals surface area (Å²) in [7, 11) is 2.79. The topological polar surface area (TPSA) is 187 Å². The molecule has 1 aliphatic heterocycles. The number of aryl methyl sites for hydroxylation is 1. The van der Waals surface area contributed by atoms with Crippen molar-refractivity contribution in [3.05, 3.63) is 32.6 Å². The molecule has 3 amide bonds. The molecule has 1 unspecified atom stereocenters. The van der Waals surface area contributed by atoms with Gasteiger partial charge in [0.2, 0.25) is 11.8 Å². The van der Waals surface area contributed by atoms with Crippen LogP contribution in [0.5, 0.6) is 0 Å². The number of aromatic nitrogens is 2. The lowest BCUT2D eigenvalue weighted by Gasteiger charge is -2.22. The number of amides is 3. The molecule has 14 nitrogen and oxygen atoms in total. The van der Waals surface area contributed by atoms with Gasteiger partial charge in [0.25, 0.3) is 5.56 Å². The SMILES string of the molecule is CC[C@H]1O[C@@H](c2cn(CCC(=O)NCCCCCCNC(=O)OC)c(=O)[nH]c2=O)[C@@H](OC(=O)CCC(=O)NC)C1C. The van der Waals surface area contributed by atoms with Crippen LogP contribution >= 0.6 is 0 Å². The monoisotopic (exact) mass is 581 g/mol. The predicted molar refractivity (Wildman–Crippen MR) is 148 cm³/mol. The van der Waals surface area contributed by atoms with Crippen LogP contribution in [-0.2, 0) is 35.1 Å². The van der Waals surface area contributed by atoms with E-state index in [1.807, 2.05) is 13.8 Å². The summed E-state index contributed by atoms with van der Waals surface area (Å²) in [4.78, 5) is 74.8. The molecule has 0 saturated carbocycles. The summed E-state index contributed by atoms with van der Waals surface area (Å²) in [6, 6.07) is 0. The van der Waals surface area contributed by atoms with Crippen LogP contribution in [0, 0.1) is 5.92 Å². The minimum absolute atomic E-state index is 0.0197. The lowest BCUT2D eigenvalue weighted by Crippen LogP contribution is -2.37. The second-order valence-corrected chi connectivity index (χ2v) is 9.96. The summed E-state index contributed by atoms with van der Waals surface area (Å²) in [6.07, 6.45) is 2.74. The summed E-state index contributed by atoms with van der Waals surface area (Å²) in [5.74, 6) is -1.35. The second-order valence-electron chi connectivity index (χ2n) is 9.96. The molecule has 0 aliphatic carbocycles. The third kappa shape index (κ3) is 10.7. The van der Waals surface area contributed by atoms with Crippen LogP contribution < -0.4 is 27.2 Å². The standard InChI is InChI=1S/C27H43N5O9/c1-5-19-17(2)23(41-22(35)11-10-20(33)28-3)24(40-19)18-16-32(26(37)31-25(18)36)15-12-21(34)29-13-8-6-7-9-14-30-27(38)39-4/h16-17,19,23-24H,5-15H2,1-4H3,(H,28,33)(H,29,34)(H,30,38)(H,31,36,37)/t17?,19-,23+,24+/m1/s1. The van der Waals surface area contributed by atoms with Crippen LogP contribution in [-0.4, -0.2) is 72.9 Å². The van der Waals surface area contributed by atoms with Gasteiger partial charge in [-0.2, -0.15) is 0 Å². The largest absolute Gasteiger partial charge is 0.459 e. The Morgan fingerprint density at radius 1 is 1.00 bits per heavy atom. The zero-order valence-corrected chi connectivity index (χ0v) is 24.3. The van der Waals surface area contributed by atoms with Gasteiger partial charge in [-0.1, -0.05) is 26.7 Å². The molecule has 2 heterocycles. The number of aromatic amines is 1. The molecule has 0 bridgehead atoms. The van der Waals surface area contributed by atoms with E-state index in [4.69, 9.17) is 9.47 Å². The summed E-state index contributed by atoms with van der Waals surface area (Å²) in [5, 5.41) is 7.87. The number of methoxy groups -OCH3 is 1. The Kier molecular flexibility index (Phi) is 14.1. The van der Waals surface area contributed by atoms with Crippen molar-refractivity contribution in [2.75, 3.05) is 27.2 Å². The fourth-order valence-corrected chi connectivity index (χ4v) is 4.62. The normalized spacial score (nSPS) is 19.8. The van der Waals surface area contributed by atoms with E-state index in [1.165, 1.54) is 24.9 Å². The highest BCUT2D eigenvalue weighted by atomic mass is 16.6. The van der Waals surface area contributed by atoms with E-state index in [0.717, 1.165) is 25.7 Å². The number of unbranched alkanes of at least 4 members (excludes halogenated alkanes) is 3. The van der Waals surface area contributed by atoms with E-state index < -0.39 is 35.5 Å². The fraction of sp³-hybridized carbons (Fsp3) is 0.704. The van der Waals surface area contributed by atoms with Gasteiger partial charge < -0.3 is 30.2 Å². The van der Waals surface area contributed by atoms with Crippen molar-refractivity contribution in [2.45, 2.75) is 90.1 Å². The summed E-state index contributed by atoms with van der Waals surface area (Å²) in [6.45, 7) is 4.82. The van der Waals surface area contributed by atoms with E-state index in [1.54, 1.807) is 0 Å². The number of H-pyrrole nitrogens is 1. The molecule has 41 heavy (non-hydrogen) atoms. The van der Waals surface area contributed by atoms with Crippen LogP contribution in [0.3, 0.4) is 0 Å². The van der Waals surface area contributed by atoms with Gasteiger partial charge in [0, 0.05) is 51.6 Å². The number of nitrogens with one attached hydrogen (secondary N) is 4. The number of carbonyl (C=O) groups excluding carboxylic acids is 4. The summed E-state index contributed by atoms with van der Waals surface area (Å²) >= 11 is 0. The zero-order chi connectivity index (χ0) is 30.4. The Morgan fingerprint density at radius 3 is 2.32 bits per heavy atom. The number of hydrogen-bond acceptors (Lipinski definition) is 9. The molecule has 1 aromatic heterocycles. The zero-order valence-electron chi connectivity index (χ0n) is 24.3. The Balaban J connectivity index is 1.95. The lowest BCUT2D eigenvalue weighted by molar-refractivity contribution is -0.154. The second kappa shape index (κ2) is 17.2. The van der Waals surface area contributed by atoms with Crippen LogP contribution in [0.1, 0.15) is 76.9 Å². The van der Waals surface area contributed by atoms with E-state index in [-0.39, 0.29) is 55.2 Å². The molecular weight excluding hydrogens is 538 g/mol. The molecule has 0 spiro atoms. The first-order valence-corrected chi connectivity index (χ1v) is 14.1. The lowest BCUT2D eigenvalue weighted by atomic mass is 9.94. The maximum Gasteiger partial charge on any atom is 0.406 e. The highest BCUT2D eigenvalue weighted by molar-refractivity contribution is 5.81. The number of ether oxygens (including phenoxy) is 3. The third-order valence-electron chi connectivity index (χ3n) is 7.03. The van der Waals surface area contributed by atoms with E-state index in [9.17, 15) is 28.8 Å². The van der Waals surface area contributed by atoms with Gasteiger partial charge in [-0.15, -0.1) is 0 Å².